The lowest BCUT2D eigenvalue weighted by Crippen LogP contribution is -2.51. The molecule has 1 aliphatic heterocycles. The SMILES string of the molecule is CC1(C)NC(=O)C(C)(C)N1CC#N. The third-order valence-electron chi connectivity index (χ3n) is 2.55. The third-order valence-corrected chi connectivity index (χ3v) is 2.55. The van der Waals surface area contributed by atoms with Crippen molar-refractivity contribution in [3.8, 4) is 6.07 Å². The number of rotatable bonds is 1. The van der Waals surface area contributed by atoms with Gasteiger partial charge in [0, 0.05) is 0 Å². The van der Waals surface area contributed by atoms with Gasteiger partial charge in [0.1, 0.15) is 0 Å². The summed E-state index contributed by atoms with van der Waals surface area (Å²) in [4.78, 5) is 13.4. The van der Waals surface area contributed by atoms with Gasteiger partial charge in [0.25, 0.3) is 0 Å². The molecule has 0 radical (unpaired) electrons. The zero-order valence-corrected chi connectivity index (χ0v) is 8.51. The van der Waals surface area contributed by atoms with E-state index in [-0.39, 0.29) is 12.5 Å². The van der Waals surface area contributed by atoms with Crippen LogP contribution < -0.4 is 5.32 Å². The van der Waals surface area contributed by atoms with Crippen molar-refractivity contribution in [2.45, 2.75) is 38.9 Å². The van der Waals surface area contributed by atoms with Crippen LogP contribution in [0.1, 0.15) is 27.7 Å². The monoisotopic (exact) mass is 181 g/mol. The van der Waals surface area contributed by atoms with Crippen molar-refractivity contribution in [1.82, 2.24) is 10.2 Å². The predicted molar refractivity (Wildman–Crippen MR) is 48.6 cm³/mol. The minimum atomic E-state index is -0.584. The van der Waals surface area contributed by atoms with Crippen molar-refractivity contribution in [2.24, 2.45) is 0 Å². The Hall–Kier alpha value is -1.08. The zero-order valence-electron chi connectivity index (χ0n) is 8.51. The minimum absolute atomic E-state index is 0.0206. The molecule has 0 spiro atoms. The molecule has 1 amide bonds. The molecule has 1 heterocycles. The van der Waals surface area contributed by atoms with Crippen molar-refractivity contribution in [2.75, 3.05) is 6.54 Å². The average Bonchev–Trinajstić information content (AvgIpc) is 2.10. The van der Waals surface area contributed by atoms with Crippen LogP contribution in [0, 0.1) is 11.3 Å². The second-order valence-electron chi connectivity index (χ2n) is 4.32. The molecule has 1 rings (SSSR count). The highest BCUT2D eigenvalue weighted by Gasteiger charge is 2.50. The molecule has 1 fully saturated rings. The maximum atomic E-state index is 11.5. The van der Waals surface area contributed by atoms with Crippen LogP contribution in [0.4, 0.5) is 0 Å². The lowest BCUT2D eigenvalue weighted by atomic mass is 10.0. The highest BCUT2D eigenvalue weighted by Crippen LogP contribution is 2.29. The second kappa shape index (κ2) is 2.71. The number of nitriles is 1. The first-order valence-electron chi connectivity index (χ1n) is 4.29. The first kappa shape index (κ1) is 10.0. The first-order valence-corrected chi connectivity index (χ1v) is 4.29. The molecule has 1 saturated heterocycles. The van der Waals surface area contributed by atoms with Crippen LogP contribution >= 0.6 is 0 Å². The van der Waals surface area contributed by atoms with Crippen molar-refractivity contribution >= 4 is 5.91 Å². The van der Waals surface area contributed by atoms with Crippen molar-refractivity contribution in [1.29, 1.82) is 5.26 Å². The van der Waals surface area contributed by atoms with Crippen LogP contribution in [0.15, 0.2) is 0 Å². The summed E-state index contributed by atoms with van der Waals surface area (Å²) in [6.45, 7) is 7.72. The fourth-order valence-corrected chi connectivity index (χ4v) is 1.79. The zero-order chi connectivity index (χ0) is 10.3. The van der Waals surface area contributed by atoms with Crippen LogP contribution in [0.25, 0.3) is 0 Å². The largest absolute Gasteiger partial charge is 0.337 e. The van der Waals surface area contributed by atoms with E-state index in [1.54, 1.807) is 0 Å². The third kappa shape index (κ3) is 1.40. The normalized spacial score (nSPS) is 25.3. The molecular formula is C9H15N3O. The Labute approximate surface area is 78.5 Å². The molecule has 0 saturated carbocycles. The van der Waals surface area contributed by atoms with Gasteiger partial charge in [-0.25, -0.2) is 0 Å². The molecule has 4 heteroatoms. The Morgan fingerprint density at radius 3 is 2.31 bits per heavy atom. The van der Waals surface area contributed by atoms with Gasteiger partial charge in [-0.05, 0) is 27.7 Å². The molecule has 0 aromatic heterocycles. The molecule has 0 atom stereocenters. The summed E-state index contributed by atoms with van der Waals surface area (Å²) < 4.78 is 0. The molecule has 72 valence electrons. The molecule has 0 aromatic rings. The fourth-order valence-electron chi connectivity index (χ4n) is 1.79. The molecule has 4 nitrogen and oxygen atoms in total. The predicted octanol–water partition coefficient (Wildman–Crippen LogP) is 0.456. The van der Waals surface area contributed by atoms with Gasteiger partial charge in [0.05, 0.1) is 23.8 Å². The quantitative estimate of drug-likeness (QED) is 0.598. The highest BCUT2D eigenvalue weighted by molar-refractivity contribution is 5.88. The van der Waals surface area contributed by atoms with E-state index in [9.17, 15) is 4.79 Å². The summed E-state index contributed by atoms with van der Waals surface area (Å²) >= 11 is 0. The topological polar surface area (TPSA) is 56.1 Å². The van der Waals surface area contributed by atoms with Gasteiger partial charge in [0.2, 0.25) is 5.91 Å². The van der Waals surface area contributed by atoms with Crippen LogP contribution in [-0.4, -0.2) is 28.6 Å². The van der Waals surface area contributed by atoms with Gasteiger partial charge in [-0.2, -0.15) is 5.26 Å². The maximum Gasteiger partial charge on any atom is 0.241 e. The Morgan fingerprint density at radius 1 is 1.46 bits per heavy atom. The number of carbonyl (C=O) groups excluding carboxylic acids is 1. The number of nitrogens with zero attached hydrogens (tertiary/aromatic N) is 2. The number of hydrogen-bond acceptors (Lipinski definition) is 3. The van der Waals surface area contributed by atoms with Crippen molar-refractivity contribution < 1.29 is 4.79 Å². The summed E-state index contributed by atoms with van der Waals surface area (Å²) in [7, 11) is 0. The Balaban J connectivity index is 3.01. The average molecular weight is 181 g/mol. The van der Waals surface area contributed by atoms with Crippen LogP contribution in [-0.2, 0) is 4.79 Å². The van der Waals surface area contributed by atoms with Gasteiger partial charge < -0.3 is 5.32 Å². The van der Waals surface area contributed by atoms with Crippen LogP contribution in [0.5, 0.6) is 0 Å². The van der Waals surface area contributed by atoms with Crippen LogP contribution in [0.3, 0.4) is 0 Å². The fraction of sp³-hybridized carbons (Fsp3) is 0.778. The lowest BCUT2D eigenvalue weighted by Gasteiger charge is -2.35. The van der Waals surface area contributed by atoms with E-state index in [0.29, 0.717) is 0 Å². The molecule has 13 heavy (non-hydrogen) atoms. The molecule has 1 N–H and O–H groups in total. The van der Waals surface area contributed by atoms with E-state index < -0.39 is 11.2 Å². The molecule has 0 bridgehead atoms. The number of nitrogens with one attached hydrogen (secondary N) is 1. The Morgan fingerprint density at radius 2 is 2.00 bits per heavy atom. The molecule has 0 aliphatic carbocycles. The Bertz CT molecular complexity index is 275. The highest BCUT2D eigenvalue weighted by atomic mass is 16.2. The number of amides is 1. The maximum absolute atomic E-state index is 11.5. The van der Waals surface area contributed by atoms with E-state index in [1.807, 2.05) is 32.6 Å². The summed E-state index contributed by atoms with van der Waals surface area (Å²) in [5.41, 5.74) is -1.00. The molecule has 0 unspecified atom stereocenters. The van der Waals surface area contributed by atoms with Crippen molar-refractivity contribution in [3.05, 3.63) is 0 Å². The van der Waals surface area contributed by atoms with E-state index in [1.165, 1.54) is 0 Å². The lowest BCUT2D eigenvalue weighted by molar-refractivity contribution is -0.124. The second-order valence-corrected chi connectivity index (χ2v) is 4.32. The van der Waals surface area contributed by atoms with Gasteiger partial charge in [-0.3, -0.25) is 9.69 Å². The van der Waals surface area contributed by atoms with Crippen LogP contribution in [0.2, 0.25) is 0 Å². The van der Waals surface area contributed by atoms with E-state index in [0.717, 1.165) is 0 Å². The van der Waals surface area contributed by atoms with E-state index >= 15 is 0 Å². The molecule has 1 aliphatic rings. The van der Waals surface area contributed by atoms with Gasteiger partial charge >= 0.3 is 0 Å². The molecular weight excluding hydrogens is 166 g/mol. The summed E-state index contributed by atoms with van der Waals surface area (Å²) in [5, 5.41) is 11.5. The van der Waals surface area contributed by atoms with Gasteiger partial charge in [0.15, 0.2) is 0 Å². The standard InChI is InChI=1S/C9H15N3O/c1-8(2)7(13)11-9(3,4)12(8)6-5-10/h6H2,1-4H3,(H,11,13). The number of hydrogen-bond donors (Lipinski definition) is 1. The van der Waals surface area contributed by atoms with Gasteiger partial charge in [-0.1, -0.05) is 0 Å². The summed E-state index contributed by atoms with van der Waals surface area (Å²) in [6.07, 6.45) is 0. The van der Waals surface area contributed by atoms with Gasteiger partial charge in [-0.15, -0.1) is 0 Å². The number of carbonyl (C=O) groups is 1. The molecule has 0 aromatic carbocycles. The smallest absolute Gasteiger partial charge is 0.241 e. The minimum Gasteiger partial charge on any atom is -0.337 e. The summed E-state index contributed by atoms with van der Waals surface area (Å²) in [5.74, 6) is -0.0206. The van der Waals surface area contributed by atoms with Crippen molar-refractivity contribution in [3.63, 3.8) is 0 Å². The Kier molecular flexibility index (Phi) is 2.08. The first-order chi connectivity index (χ1) is 5.82. The van der Waals surface area contributed by atoms with E-state index in [2.05, 4.69) is 11.4 Å². The summed E-state index contributed by atoms with van der Waals surface area (Å²) in [6, 6.07) is 2.08. The van der Waals surface area contributed by atoms with E-state index in [4.69, 9.17) is 5.26 Å².